The van der Waals surface area contributed by atoms with Crippen molar-refractivity contribution in [1.29, 1.82) is 0 Å². The summed E-state index contributed by atoms with van der Waals surface area (Å²) in [5.41, 5.74) is -0.312. The zero-order chi connectivity index (χ0) is 9.47. The molecule has 1 aliphatic heterocycles. The third-order valence-corrected chi connectivity index (χ3v) is 2.73. The lowest BCUT2D eigenvalue weighted by atomic mass is 9.69. The smallest absolute Gasteiger partial charge is 0.252 e. The molecule has 0 aromatic heterocycles. The van der Waals surface area contributed by atoms with Gasteiger partial charge in [-0.15, -0.1) is 0 Å². The van der Waals surface area contributed by atoms with Crippen molar-refractivity contribution in [2.75, 3.05) is 6.54 Å². The molecule has 1 saturated heterocycles. The van der Waals surface area contributed by atoms with Crippen molar-refractivity contribution in [3.8, 4) is 0 Å². The van der Waals surface area contributed by atoms with E-state index in [2.05, 4.69) is 22.5 Å². The van der Waals surface area contributed by atoms with E-state index in [-0.39, 0.29) is 11.4 Å². The molecule has 0 aromatic carbocycles. The van der Waals surface area contributed by atoms with Gasteiger partial charge in [0, 0.05) is 6.54 Å². The Labute approximate surface area is 77.8 Å². The number of carbonyl (C=O) groups excluding carboxylic acids is 1. The minimum absolute atomic E-state index is 0.0952. The Bertz CT molecular complexity index is 266. The van der Waals surface area contributed by atoms with E-state index in [1.54, 1.807) is 0 Å². The Morgan fingerprint density at radius 2 is 2.31 bits per heavy atom. The van der Waals surface area contributed by atoms with E-state index in [1.807, 2.05) is 6.92 Å². The number of hydrogen-bond acceptors (Lipinski definition) is 2. The number of aliphatic imine (C=N–C) groups is 1. The Hall–Kier alpha value is -1.06. The third-order valence-electron chi connectivity index (χ3n) is 2.73. The molecule has 4 heteroatoms. The van der Waals surface area contributed by atoms with Gasteiger partial charge in [-0.1, -0.05) is 6.92 Å². The molecule has 0 unspecified atom stereocenters. The first kappa shape index (κ1) is 8.53. The van der Waals surface area contributed by atoms with E-state index in [4.69, 9.17) is 0 Å². The van der Waals surface area contributed by atoms with Gasteiger partial charge in [0.1, 0.15) is 5.54 Å². The zero-order valence-corrected chi connectivity index (χ0v) is 8.05. The fourth-order valence-electron chi connectivity index (χ4n) is 2.20. The van der Waals surface area contributed by atoms with E-state index in [1.165, 1.54) is 0 Å². The molecule has 2 aliphatic rings. The number of rotatable bonds is 1. The quantitative estimate of drug-likeness (QED) is 0.609. The zero-order valence-electron chi connectivity index (χ0n) is 8.05. The van der Waals surface area contributed by atoms with Crippen LogP contribution in [0, 0.1) is 5.92 Å². The van der Waals surface area contributed by atoms with E-state index in [0.717, 1.165) is 12.8 Å². The van der Waals surface area contributed by atoms with Crippen LogP contribution < -0.4 is 10.6 Å². The number of guanidine groups is 1. The molecule has 4 nitrogen and oxygen atoms in total. The first-order valence-corrected chi connectivity index (χ1v) is 4.80. The summed E-state index contributed by atoms with van der Waals surface area (Å²) in [5.74, 6) is 1.40. The minimum Gasteiger partial charge on any atom is -0.342 e. The number of nitrogens with zero attached hydrogens (tertiary/aromatic N) is 1. The number of amides is 1. The van der Waals surface area contributed by atoms with Gasteiger partial charge in [-0.3, -0.25) is 15.1 Å². The van der Waals surface area contributed by atoms with Crippen LogP contribution in [-0.2, 0) is 4.79 Å². The summed E-state index contributed by atoms with van der Waals surface area (Å²) in [6, 6.07) is 0. The molecule has 1 amide bonds. The molecule has 1 saturated carbocycles. The molecule has 2 N–H and O–H groups in total. The molecule has 13 heavy (non-hydrogen) atoms. The molecule has 0 atom stereocenters. The predicted molar refractivity (Wildman–Crippen MR) is 50.4 cm³/mol. The van der Waals surface area contributed by atoms with Crippen LogP contribution in [0.1, 0.15) is 26.7 Å². The SMILES string of the molecule is CCN=C1NC(=O)C2(CC(C)C2)N1. The first-order valence-electron chi connectivity index (χ1n) is 4.80. The summed E-state index contributed by atoms with van der Waals surface area (Å²) < 4.78 is 0. The van der Waals surface area contributed by atoms with Crippen molar-refractivity contribution in [2.45, 2.75) is 32.2 Å². The average Bonchev–Trinajstić information content (AvgIpc) is 2.28. The molecule has 1 aliphatic carbocycles. The van der Waals surface area contributed by atoms with Gasteiger partial charge in [0.2, 0.25) is 0 Å². The lowest BCUT2D eigenvalue weighted by Gasteiger charge is -2.40. The topological polar surface area (TPSA) is 53.5 Å². The monoisotopic (exact) mass is 181 g/mol. The fourth-order valence-corrected chi connectivity index (χ4v) is 2.20. The highest BCUT2D eigenvalue weighted by Gasteiger charge is 2.52. The third kappa shape index (κ3) is 1.20. The van der Waals surface area contributed by atoms with Crippen molar-refractivity contribution < 1.29 is 4.79 Å². The molecule has 0 aromatic rings. The van der Waals surface area contributed by atoms with Crippen LogP contribution in [0.25, 0.3) is 0 Å². The number of nitrogens with one attached hydrogen (secondary N) is 2. The molecule has 2 rings (SSSR count). The molecule has 2 fully saturated rings. The van der Waals surface area contributed by atoms with Crippen molar-refractivity contribution in [1.82, 2.24) is 10.6 Å². The highest BCUT2D eigenvalue weighted by molar-refractivity contribution is 6.09. The van der Waals surface area contributed by atoms with E-state index < -0.39 is 0 Å². The van der Waals surface area contributed by atoms with Crippen molar-refractivity contribution in [2.24, 2.45) is 10.9 Å². The van der Waals surface area contributed by atoms with Crippen LogP contribution >= 0.6 is 0 Å². The number of carbonyl (C=O) groups is 1. The Kier molecular flexibility index (Phi) is 1.78. The summed E-state index contributed by atoms with van der Waals surface area (Å²) in [4.78, 5) is 15.7. The second-order valence-electron chi connectivity index (χ2n) is 4.00. The van der Waals surface area contributed by atoms with Gasteiger partial charge in [0.15, 0.2) is 5.96 Å². The van der Waals surface area contributed by atoms with Crippen LogP contribution in [0.2, 0.25) is 0 Å². The fraction of sp³-hybridized carbons (Fsp3) is 0.778. The van der Waals surface area contributed by atoms with Crippen molar-refractivity contribution >= 4 is 11.9 Å². The van der Waals surface area contributed by atoms with Crippen LogP contribution in [0.4, 0.5) is 0 Å². The summed E-state index contributed by atoms with van der Waals surface area (Å²) >= 11 is 0. The molecule has 1 heterocycles. The normalized spacial score (nSPS) is 40.3. The molecular formula is C9H15N3O. The predicted octanol–water partition coefficient (Wildman–Crippen LogP) is 0.250. The molecular weight excluding hydrogens is 166 g/mol. The maximum atomic E-state index is 11.6. The summed E-state index contributed by atoms with van der Waals surface area (Å²) in [7, 11) is 0. The second kappa shape index (κ2) is 2.72. The Morgan fingerprint density at radius 1 is 1.62 bits per heavy atom. The van der Waals surface area contributed by atoms with Gasteiger partial charge >= 0.3 is 0 Å². The van der Waals surface area contributed by atoms with E-state index in [9.17, 15) is 4.79 Å². The highest BCUT2D eigenvalue weighted by Crippen LogP contribution is 2.39. The number of hydrogen-bond donors (Lipinski definition) is 2. The molecule has 0 radical (unpaired) electrons. The molecule has 0 bridgehead atoms. The lowest BCUT2D eigenvalue weighted by Crippen LogP contribution is -2.56. The Morgan fingerprint density at radius 3 is 2.85 bits per heavy atom. The van der Waals surface area contributed by atoms with Gasteiger partial charge in [0.25, 0.3) is 5.91 Å². The van der Waals surface area contributed by atoms with Gasteiger partial charge in [-0.25, -0.2) is 0 Å². The van der Waals surface area contributed by atoms with Crippen LogP contribution in [0.3, 0.4) is 0 Å². The van der Waals surface area contributed by atoms with Crippen LogP contribution in [0.15, 0.2) is 4.99 Å². The first-order chi connectivity index (χ1) is 6.16. The highest BCUT2D eigenvalue weighted by atomic mass is 16.2. The minimum atomic E-state index is -0.312. The largest absolute Gasteiger partial charge is 0.342 e. The van der Waals surface area contributed by atoms with E-state index >= 15 is 0 Å². The van der Waals surface area contributed by atoms with Crippen LogP contribution in [0.5, 0.6) is 0 Å². The molecule has 72 valence electrons. The summed E-state index contributed by atoms with van der Waals surface area (Å²) in [5, 5.41) is 5.94. The Balaban J connectivity index is 2.09. The lowest BCUT2D eigenvalue weighted by molar-refractivity contribution is -0.128. The molecule has 1 spiro atoms. The standard InChI is InChI=1S/C9H15N3O/c1-3-10-8-11-7(13)9(12-8)4-6(2)5-9/h6H,3-5H2,1-2H3,(H2,10,11,12,13). The second-order valence-corrected chi connectivity index (χ2v) is 4.00. The van der Waals surface area contributed by atoms with E-state index in [0.29, 0.717) is 18.4 Å². The summed E-state index contributed by atoms with van der Waals surface area (Å²) in [6.07, 6.45) is 1.86. The van der Waals surface area contributed by atoms with Gasteiger partial charge < -0.3 is 5.32 Å². The van der Waals surface area contributed by atoms with Gasteiger partial charge in [-0.05, 0) is 25.7 Å². The van der Waals surface area contributed by atoms with Crippen LogP contribution in [-0.4, -0.2) is 24.0 Å². The van der Waals surface area contributed by atoms with Gasteiger partial charge in [-0.2, -0.15) is 0 Å². The maximum absolute atomic E-state index is 11.6. The van der Waals surface area contributed by atoms with Crippen molar-refractivity contribution in [3.05, 3.63) is 0 Å². The van der Waals surface area contributed by atoms with Crippen molar-refractivity contribution in [3.63, 3.8) is 0 Å². The average molecular weight is 181 g/mol. The maximum Gasteiger partial charge on any atom is 0.252 e. The van der Waals surface area contributed by atoms with Gasteiger partial charge in [0.05, 0.1) is 0 Å². The summed E-state index contributed by atoms with van der Waals surface area (Å²) in [6.45, 7) is 4.82.